The zero-order valence-corrected chi connectivity index (χ0v) is 11.3. The molecule has 2 aromatic rings. The number of phenolic OH excluding ortho intramolecular Hbond substituents is 1. The second kappa shape index (κ2) is 4.55. The summed E-state index contributed by atoms with van der Waals surface area (Å²) in [7, 11) is -0.816. The Labute approximate surface area is 114 Å². The summed E-state index contributed by atoms with van der Waals surface area (Å²) in [5.41, 5.74) is 4.14. The highest BCUT2D eigenvalue weighted by Crippen LogP contribution is 2.54. The van der Waals surface area contributed by atoms with Crippen molar-refractivity contribution >= 4 is 28.4 Å². The van der Waals surface area contributed by atoms with E-state index in [1.807, 2.05) is 29.8 Å². The van der Waals surface area contributed by atoms with Crippen LogP contribution in [0.15, 0.2) is 51.2 Å². The summed E-state index contributed by atoms with van der Waals surface area (Å²) in [5.74, 6) is 0.264. The molecule has 0 bridgehead atoms. The predicted octanol–water partition coefficient (Wildman–Crippen LogP) is 3.61. The normalized spacial score (nSPS) is 18.3. The fourth-order valence-corrected chi connectivity index (χ4v) is 4.26. The second-order valence-corrected chi connectivity index (χ2v) is 6.36. The van der Waals surface area contributed by atoms with Gasteiger partial charge in [-0.15, -0.1) is 0 Å². The van der Waals surface area contributed by atoms with Crippen molar-refractivity contribution in [3.8, 4) is 5.75 Å². The molecule has 3 nitrogen and oxygen atoms in total. The van der Waals surface area contributed by atoms with Crippen LogP contribution in [0.1, 0.15) is 15.9 Å². The van der Waals surface area contributed by atoms with Gasteiger partial charge in [-0.05, 0) is 36.8 Å². The number of aldehydes is 1. The third-order valence-electron chi connectivity index (χ3n) is 3.15. The van der Waals surface area contributed by atoms with Crippen LogP contribution in [0.3, 0.4) is 0 Å². The number of aromatic hydroxyl groups is 1. The summed E-state index contributed by atoms with van der Waals surface area (Å²) in [6, 6.07) is 11.4. The molecule has 2 aromatic carbocycles. The minimum atomic E-state index is -0.816. The summed E-state index contributed by atoms with van der Waals surface area (Å²) in [5, 5.41) is 10.2. The largest absolute Gasteiger partial charge is 0.507 e. The molecular weight excluding hydrogens is 258 g/mol. The fraction of sp³-hybridized carbons (Fsp3) is 0.0667. The minimum Gasteiger partial charge on any atom is -0.507 e. The lowest BCUT2D eigenvalue weighted by Gasteiger charge is -2.17. The number of aliphatic imine (C=N–C) groups is 1. The highest BCUT2D eigenvalue weighted by molar-refractivity contribution is 8.29. The highest BCUT2D eigenvalue weighted by Gasteiger charge is 2.20. The van der Waals surface area contributed by atoms with E-state index in [1.54, 1.807) is 19.1 Å². The SMILES string of the molecule is Cc1cc(C=O)cc([SH]2C=Nc3ccccc32)c1O. The molecule has 0 spiro atoms. The number of carbonyl (C=O) groups excluding carboxylic acids is 1. The molecule has 0 saturated heterocycles. The average Bonchev–Trinajstić information content (AvgIpc) is 2.85. The van der Waals surface area contributed by atoms with Crippen LogP contribution < -0.4 is 0 Å². The summed E-state index contributed by atoms with van der Waals surface area (Å²) < 4.78 is 0. The molecule has 0 radical (unpaired) electrons. The first-order chi connectivity index (χ1) is 9.20. The van der Waals surface area contributed by atoms with Crippen LogP contribution in [-0.4, -0.2) is 16.9 Å². The predicted molar refractivity (Wildman–Crippen MR) is 78.3 cm³/mol. The van der Waals surface area contributed by atoms with Crippen LogP contribution in [0.25, 0.3) is 0 Å². The number of rotatable bonds is 2. The van der Waals surface area contributed by atoms with Gasteiger partial charge in [0.2, 0.25) is 0 Å². The third kappa shape index (κ3) is 1.94. The van der Waals surface area contributed by atoms with E-state index in [0.717, 1.165) is 27.3 Å². The van der Waals surface area contributed by atoms with Crippen molar-refractivity contribution in [2.24, 2.45) is 4.99 Å². The van der Waals surface area contributed by atoms with E-state index in [4.69, 9.17) is 0 Å². The smallest absolute Gasteiger partial charge is 0.150 e. The van der Waals surface area contributed by atoms with Gasteiger partial charge in [-0.1, -0.05) is 12.1 Å². The minimum absolute atomic E-state index is 0.264. The number of phenols is 1. The first-order valence-corrected chi connectivity index (χ1v) is 7.33. The maximum Gasteiger partial charge on any atom is 0.150 e. The lowest BCUT2D eigenvalue weighted by Crippen LogP contribution is -1.90. The van der Waals surface area contributed by atoms with Gasteiger partial charge >= 0.3 is 0 Å². The van der Waals surface area contributed by atoms with Gasteiger partial charge in [0, 0.05) is 20.9 Å². The average molecular weight is 271 g/mol. The van der Waals surface area contributed by atoms with Gasteiger partial charge in [0.1, 0.15) is 12.0 Å². The van der Waals surface area contributed by atoms with E-state index < -0.39 is 10.9 Å². The standard InChI is InChI=1S/C15H13NO2S/c1-10-6-11(8-17)7-14(15(10)18)19-9-16-12-4-2-3-5-13(12)19/h2-9,18-19H,1H3. The van der Waals surface area contributed by atoms with Gasteiger partial charge in [-0.3, -0.25) is 9.79 Å². The molecule has 4 heteroatoms. The number of benzene rings is 2. The van der Waals surface area contributed by atoms with Gasteiger partial charge in [-0.2, -0.15) is 10.9 Å². The number of para-hydroxylation sites is 1. The number of fused-ring (bicyclic) bond motifs is 1. The maximum absolute atomic E-state index is 11.0. The Morgan fingerprint density at radius 3 is 2.79 bits per heavy atom. The van der Waals surface area contributed by atoms with Crippen LogP contribution in [0.5, 0.6) is 5.75 Å². The second-order valence-electron chi connectivity index (χ2n) is 4.43. The van der Waals surface area contributed by atoms with Crippen molar-refractivity contribution in [1.29, 1.82) is 0 Å². The number of aryl methyl sites for hydroxylation is 1. The van der Waals surface area contributed by atoms with Crippen molar-refractivity contribution in [2.75, 3.05) is 0 Å². The quantitative estimate of drug-likeness (QED) is 0.647. The molecule has 0 fully saturated rings. The molecule has 1 aliphatic rings. The third-order valence-corrected chi connectivity index (χ3v) is 5.26. The van der Waals surface area contributed by atoms with Crippen molar-refractivity contribution in [2.45, 2.75) is 16.7 Å². The van der Waals surface area contributed by atoms with E-state index in [-0.39, 0.29) is 5.75 Å². The zero-order valence-electron chi connectivity index (χ0n) is 10.4. The zero-order chi connectivity index (χ0) is 13.4. The Bertz CT molecular complexity index is 695. The van der Waals surface area contributed by atoms with E-state index >= 15 is 0 Å². The van der Waals surface area contributed by atoms with Crippen LogP contribution in [0.2, 0.25) is 0 Å². The van der Waals surface area contributed by atoms with Gasteiger partial charge in [0.05, 0.1) is 5.69 Å². The summed E-state index contributed by atoms with van der Waals surface area (Å²) in [6.45, 7) is 1.81. The number of carbonyl (C=O) groups is 1. The Morgan fingerprint density at radius 1 is 1.21 bits per heavy atom. The Kier molecular flexibility index (Phi) is 2.87. The van der Waals surface area contributed by atoms with E-state index in [2.05, 4.69) is 4.99 Å². The van der Waals surface area contributed by atoms with Crippen molar-refractivity contribution in [3.05, 3.63) is 47.5 Å². The highest BCUT2D eigenvalue weighted by atomic mass is 32.2. The molecule has 0 saturated carbocycles. The summed E-state index contributed by atoms with van der Waals surface area (Å²) in [4.78, 5) is 17.3. The monoisotopic (exact) mass is 271 g/mol. The first kappa shape index (κ1) is 12.0. The van der Waals surface area contributed by atoms with Crippen molar-refractivity contribution in [3.63, 3.8) is 0 Å². The van der Waals surface area contributed by atoms with E-state index in [0.29, 0.717) is 5.56 Å². The molecule has 0 aromatic heterocycles. The Hall–Kier alpha value is -2.07. The molecule has 0 amide bonds. The molecule has 1 N–H and O–H groups in total. The Balaban J connectivity index is 2.17. The van der Waals surface area contributed by atoms with Crippen LogP contribution in [0.4, 0.5) is 5.69 Å². The van der Waals surface area contributed by atoms with E-state index in [9.17, 15) is 9.90 Å². The maximum atomic E-state index is 11.0. The van der Waals surface area contributed by atoms with Crippen molar-refractivity contribution in [1.82, 2.24) is 0 Å². The van der Waals surface area contributed by atoms with E-state index in [1.165, 1.54) is 0 Å². The molecule has 0 aliphatic carbocycles. The van der Waals surface area contributed by atoms with Crippen molar-refractivity contribution < 1.29 is 9.90 Å². The lowest BCUT2D eigenvalue weighted by atomic mass is 10.1. The Morgan fingerprint density at radius 2 is 2.00 bits per heavy atom. The van der Waals surface area contributed by atoms with Gasteiger partial charge in [0.25, 0.3) is 0 Å². The van der Waals surface area contributed by atoms with Gasteiger partial charge < -0.3 is 5.11 Å². The van der Waals surface area contributed by atoms with Crippen LogP contribution in [-0.2, 0) is 0 Å². The molecule has 1 aliphatic heterocycles. The molecule has 19 heavy (non-hydrogen) atoms. The molecule has 1 unspecified atom stereocenters. The number of hydrogen-bond donors (Lipinski definition) is 2. The molecular formula is C15H13NO2S. The van der Waals surface area contributed by atoms with Gasteiger partial charge in [-0.25, -0.2) is 0 Å². The molecule has 1 heterocycles. The molecule has 96 valence electrons. The number of hydrogen-bond acceptors (Lipinski definition) is 3. The number of thiol groups is 1. The number of nitrogens with zero attached hydrogens (tertiary/aromatic N) is 1. The van der Waals surface area contributed by atoms with Crippen LogP contribution >= 0.6 is 10.9 Å². The molecule has 1 atom stereocenters. The lowest BCUT2D eigenvalue weighted by molar-refractivity contribution is 0.112. The topological polar surface area (TPSA) is 49.7 Å². The fourth-order valence-electron chi connectivity index (χ4n) is 2.19. The first-order valence-electron chi connectivity index (χ1n) is 5.92. The summed E-state index contributed by atoms with van der Waals surface area (Å²) in [6.07, 6.45) is 0.810. The molecule has 3 rings (SSSR count). The van der Waals surface area contributed by atoms with Crippen LogP contribution in [0, 0.1) is 6.92 Å². The van der Waals surface area contributed by atoms with Gasteiger partial charge in [0.15, 0.2) is 0 Å². The summed E-state index contributed by atoms with van der Waals surface area (Å²) >= 11 is 0.